The van der Waals surface area contributed by atoms with Gasteiger partial charge in [-0.3, -0.25) is 0 Å². The molecule has 0 fully saturated rings. The Balaban J connectivity index is 2.18. The first-order chi connectivity index (χ1) is 10.7. The number of nitrogens with one attached hydrogen (secondary N) is 1. The van der Waals surface area contributed by atoms with Crippen molar-refractivity contribution in [2.24, 2.45) is 0 Å². The van der Waals surface area contributed by atoms with E-state index in [2.05, 4.69) is 67.3 Å². The normalized spacial score (nSPS) is 11.4. The lowest BCUT2D eigenvalue weighted by atomic mass is 10.2. The van der Waals surface area contributed by atoms with Gasteiger partial charge >= 0.3 is 0 Å². The molecule has 1 aromatic carbocycles. The molecule has 3 nitrogen and oxygen atoms in total. The molecule has 0 saturated heterocycles. The predicted molar refractivity (Wildman–Crippen MR) is 98.6 cm³/mol. The van der Waals surface area contributed by atoms with Gasteiger partial charge in [0.15, 0.2) is 0 Å². The minimum Gasteiger partial charge on any atom is -0.385 e. The Morgan fingerprint density at radius 2 is 1.50 bits per heavy atom. The van der Waals surface area contributed by atoms with Crippen LogP contribution >= 0.6 is 0 Å². The van der Waals surface area contributed by atoms with Crippen LogP contribution in [0.25, 0.3) is 0 Å². The van der Waals surface area contributed by atoms with Gasteiger partial charge in [0, 0.05) is 18.8 Å². The van der Waals surface area contributed by atoms with E-state index in [1.54, 1.807) is 0 Å². The second-order valence-electron chi connectivity index (χ2n) is 6.41. The van der Waals surface area contributed by atoms with Crippen LogP contribution in [0, 0.1) is 0 Å². The average Bonchev–Trinajstić information content (AvgIpc) is 2.48. The molecule has 0 unspecified atom stereocenters. The number of benzene rings is 1. The fourth-order valence-corrected chi connectivity index (χ4v) is 2.75. The Kier molecular flexibility index (Phi) is 9.93. The highest BCUT2D eigenvalue weighted by molar-refractivity contribution is 5.44. The zero-order valence-corrected chi connectivity index (χ0v) is 15.1. The number of nitrogens with zero attached hydrogens (tertiary/aromatic N) is 2. The highest BCUT2D eigenvalue weighted by Crippen LogP contribution is 2.11. The molecule has 0 radical (unpaired) electrons. The van der Waals surface area contributed by atoms with E-state index in [0.717, 1.165) is 13.1 Å². The minimum atomic E-state index is 1.00. The summed E-state index contributed by atoms with van der Waals surface area (Å²) in [4.78, 5) is 4.79. The van der Waals surface area contributed by atoms with Gasteiger partial charge in [0.2, 0.25) is 0 Å². The van der Waals surface area contributed by atoms with Crippen LogP contribution in [0.1, 0.15) is 45.1 Å². The second-order valence-corrected chi connectivity index (χ2v) is 6.41. The summed E-state index contributed by atoms with van der Waals surface area (Å²) in [5.74, 6) is 0. The van der Waals surface area contributed by atoms with Gasteiger partial charge in [-0.15, -0.1) is 0 Å². The Labute approximate surface area is 137 Å². The average molecular weight is 306 g/mol. The third kappa shape index (κ3) is 8.40. The first-order valence-corrected chi connectivity index (χ1v) is 8.85. The molecular formula is C19H35N3. The smallest absolute Gasteiger partial charge is 0.0340 e. The molecule has 0 saturated carbocycles. The van der Waals surface area contributed by atoms with Crippen molar-refractivity contribution < 1.29 is 0 Å². The van der Waals surface area contributed by atoms with E-state index in [4.69, 9.17) is 0 Å². The maximum absolute atomic E-state index is 3.53. The Bertz CT molecular complexity index is 367. The summed E-state index contributed by atoms with van der Waals surface area (Å²) < 4.78 is 0. The standard InChI is InChI=1S/C19H35N3/c1-5-14-22(15-6-2)16-8-7-13-20-19-11-9-18(10-12-19)17-21(3)4/h9-12,20H,5-8,13-17H2,1-4H3. The lowest BCUT2D eigenvalue weighted by molar-refractivity contribution is 0.270. The molecule has 0 aliphatic heterocycles. The van der Waals surface area contributed by atoms with Crippen molar-refractivity contribution in [1.82, 2.24) is 9.80 Å². The molecule has 0 atom stereocenters. The number of hydrogen-bond donors (Lipinski definition) is 1. The third-order valence-electron chi connectivity index (χ3n) is 3.76. The van der Waals surface area contributed by atoms with Crippen LogP contribution in [0.2, 0.25) is 0 Å². The van der Waals surface area contributed by atoms with E-state index >= 15 is 0 Å². The van der Waals surface area contributed by atoms with E-state index in [-0.39, 0.29) is 0 Å². The summed E-state index contributed by atoms with van der Waals surface area (Å²) in [5.41, 5.74) is 2.60. The van der Waals surface area contributed by atoms with Gasteiger partial charge < -0.3 is 15.1 Å². The minimum absolute atomic E-state index is 1.00. The van der Waals surface area contributed by atoms with E-state index in [1.807, 2.05) is 0 Å². The third-order valence-corrected chi connectivity index (χ3v) is 3.76. The molecule has 0 spiro atoms. The molecule has 1 rings (SSSR count). The van der Waals surface area contributed by atoms with Crippen LogP contribution in [-0.4, -0.2) is 50.1 Å². The van der Waals surface area contributed by atoms with E-state index in [1.165, 1.54) is 56.6 Å². The molecule has 3 heteroatoms. The summed E-state index contributed by atoms with van der Waals surface area (Å²) in [6, 6.07) is 8.82. The molecule has 0 aliphatic rings. The van der Waals surface area contributed by atoms with Crippen LogP contribution in [0.3, 0.4) is 0 Å². The maximum atomic E-state index is 3.53. The first kappa shape index (κ1) is 19.0. The van der Waals surface area contributed by atoms with Crippen molar-refractivity contribution in [2.75, 3.05) is 45.6 Å². The van der Waals surface area contributed by atoms with Gasteiger partial charge in [-0.1, -0.05) is 26.0 Å². The second kappa shape index (κ2) is 11.5. The summed E-state index contributed by atoms with van der Waals surface area (Å²) in [6.07, 6.45) is 5.05. The lowest BCUT2D eigenvalue weighted by Crippen LogP contribution is -2.26. The van der Waals surface area contributed by atoms with Crippen molar-refractivity contribution in [2.45, 2.75) is 46.1 Å². The van der Waals surface area contributed by atoms with E-state index in [9.17, 15) is 0 Å². The summed E-state index contributed by atoms with van der Waals surface area (Å²) in [7, 11) is 4.21. The number of rotatable bonds is 12. The number of unbranched alkanes of at least 4 members (excludes halogenated alkanes) is 1. The molecule has 1 N–H and O–H groups in total. The highest BCUT2D eigenvalue weighted by Gasteiger charge is 2.01. The molecule has 1 aromatic rings. The van der Waals surface area contributed by atoms with Crippen LogP contribution in [0.4, 0.5) is 5.69 Å². The van der Waals surface area contributed by atoms with Gasteiger partial charge in [-0.05, 0) is 77.1 Å². The molecule has 22 heavy (non-hydrogen) atoms. The monoisotopic (exact) mass is 305 g/mol. The Morgan fingerprint density at radius 3 is 2.05 bits per heavy atom. The zero-order chi connectivity index (χ0) is 16.2. The van der Waals surface area contributed by atoms with E-state index in [0.29, 0.717) is 0 Å². The van der Waals surface area contributed by atoms with Crippen molar-refractivity contribution >= 4 is 5.69 Å². The van der Waals surface area contributed by atoms with Crippen molar-refractivity contribution in [1.29, 1.82) is 0 Å². The van der Waals surface area contributed by atoms with Crippen LogP contribution < -0.4 is 5.32 Å². The number of hydrogen-bond acceptors (Lipinski definition) is 3. The quantitative estimate of drug-likeness (QED) is 0.587. The molecule has 0 aliphatic carbocycles. The predicted octanol–water partition coefficient (Wildman–Crippen LogP) is 4.06. The molecule has 0 heterocycles. The Morgan fingerprint density at radius 1 is 0.864 bits per heavy atom. The van der Waals surface area contributed by atoms with Gasteiger partial charge in [0.25, 0.3) is 0 Å². The molecular weight excluding hydrogens is 270 g/mol. The fourth-order valence-electron chi connectivity index (χ4n) is 2.75. The van der Waals surface area contributed by atoms with Gasteiger partial charge in [-0.2, -0.15) is 0 Å². The molecule has 0 bridgehead atoms. The zero-order valence-electron chi connectivity index (χ0n) is 15.1. The van der Waals surface area contributed by atoms with Gasteiger partial charge in [-0.25, -0.2) is 0 Å². The van der Waals surface area contributed by atoms with Crippen molar-refractivity contribution in [3.63, 3.8) is 0 Å². The molecule has 126 valence electrons. The van der Waals surface area contributed by atoms with E-state index < -0.39 is 0 Å². The van der Waals surface area contributed by atoms with Gasteiger partial charge in [0.1, 0.15) is 0 Å². The SMILES string of the molecule is CCCN(CCC)CCCCNc1ccc(CN(C)C)cc1. The lowest BCUT2D eigenvalue weighted by Gasteiger charge is -2.20. The van der Waals surface area contributed by atoms with Gasteiger partial charge in [0.05, 0.1) is 0 Å². The van der Waals surface area contributed by atoms with Crippen LogP contribution in [-0.2, 0) is 6.54 Å². The van der Waals surface area contributed by atoms with Crippen LogP contribution in [0.5, 0.6) is 0 Å². The largest absolute Gasteiger partial charge is 0.385 e. The highest BCUT2D eigenvalue weighted by atomic mass is 15.1. The topological polar surface area (TPSA) is 18.5 Å². The Hall–Kier alpha value is -1.06. The fraction of sp³-hybridized carbons (Fsp3) is 0.684. The van der Waals surface area contributed by atoms with Crippen molar-refractivity contribution in [3.8, 4) is 0 Å². The molecule has 0 amide bonds. The maximum Gasteiger partial charge on any atom is 0.0340 e. The summed E-state index contributed by atoms with van der Waals surface area (Å²) in [6.45, 7) is 10.3. The summed E-state index contributed by atoms with van der Waals surface area (Å²) in [5, 5.41) is 3.53. The summed E-state index contributed by atoms with van der Waals surface area (Å²) >= 11 is 0. The number of anilines is 1. The first-order valence-electron chi connectivity index (χ1n) is 8.85. The molecule has 0 aromatic heterocycles. The van der Waals surface area contributed by atoms with Crippen LogP contribution in [0.15, 0.2) is 24.3 Å². The van der Waals surface area contributed by atoms with Crippen molar-refractivity contribution in [3.05, 3.63) is 29.8 Å².